The third kappa shape index (κ3) is 12.4. The molecule has 0 aliphatic heterocycles. The molecule has 0 aromatic rings. The van der Waals surface area contributed by atoms with Crippen molar-refractivity contribution >= 4 is 20.7 Å². The molecule has 0 saturated heterocycles. The Labute approximate surface area is 87.6 Å². The fourth-order valence-electron chi connectivity index (χ4n) is 0.521. The molecule has 0 aliphatic rings. The molecule has 0 fully saturated rings. The number of hydrogen-bond donors (Lipinski definition) is 0. The molecule has 0 spiro atoms. The van der Waals surface area contributed by atoms with Crippen molar-refractivity contribution in [3.05, 3.63) is 0 Å². The van der Waals surface area contributed by atoms with Crippen molar-refractivity contribution in [2.45, 2.75) is 52.7 Å². The zero-order chi connectivity index (χ0) is 9.99. The quantitative estimate of drug-likeness (QED) is 0.682. The summed E-state index contributed by atoms with van der Waals surface area (Å²) in [7, 11) is -2.35. The molecule has 3 nitrogen and oxygen atoms in total. The minimum Gasteiger partial charge on any atom is -0.305 e. The van der Waals surface area contributed by atoms with Crippen LogP contribution in [0.1, 0.15) is 41.5 Å². The van der Waals surface area contributed by atoms with Gasteiger partial charge in [-0.15, -0.1) is 12.4 Å². The van der Waals surface area contributed by atoms with Crippen molar-refractivity contribution in [3.63, 3.8) is 0 Å². The van der Waals surface area contributed by atoms with Gasteiger partial charge in [0, 0.05) is 0 Å². The predicted molar refractivity (Wildman–Crippen MR) is 57.9 cm³/mol. The van der Waals surface area contributed by atoms with Gasteiger partial charge in [-0.3, -0.25) is 4.57 Å². The number of rotatable bonds is 2. The molecule has 0 aromatic carbocycles. The first kappa shape index (κ1) is 15.9. The summed E-state index contributed by atoms with van der Waals surface area (Å²) in [6.07, 6.45) is 0. The minimum atomic E-state index is -2.35. The standard InChI is InChI=1S/C8H19O3P.ClH/c1-7(2,3)10-12(9)11-8(4,5)6;/h12H,1-6H3;1H. The van der Waals surface area contributed by atoms with Crippen LogP contribution in [0.5, 0.6) is 0 Å². The van der Waals surface area contributed by atoms with E-state index in [4.69, 9.17) is 9.05 Å². The van der Waals surface area contributed by atoms with Crippen LogP contribution in [-0.2, 0) is 13.6 Å². The van der Waals surface area contributed by atoms with Crippen LogP contribution in [0.2, 0.25) is 0 Å². The van der Waals surface area contributed by atoms with Gasteiger partial charge >= 0.3 is 8.25 Å². The number of hydrogen-bond acceptors (Lipinski definition) is 3. The molecule has 0 heterocycles. The first-order chi connectivity index (χ1) is 5.10. The first-order valence-corrected chi connectivity index (χ1v) is 5.25. The lowest BCUT2D eigenvalue weighted by Gasteiger charge is -2.23. The average Bonchev–Trinajstić information content (AvgIpc) is 1.49. The third-order valence-corrected chi connectivity index (χ3v) is 2.34. The maximum atomic E-state index is 11.2. The fraction of sp³-hybridized carbons (Fsp3) is 1.00. The van der Waals surface area contributed by atoms with Crippen LogP contribution >= 0.6 is 20.7 Å². The van der Waals surface area contributed by atoms with E-state index in [1.165, 1.54) is 0 Å². The van der Waals surface area contributed by atoms with Gasteiger partial charge in [-0.1, -0.05) is 0 Å². The van der Waals surface area contributed by atoms with Crippen LogP contribution in [0, 0.1) is 0 Å². The Morgan fingerprint density at radius 1 is 0.846 bits per heavy atom. The lowest BCUT2D eigenvalue weighted by molar-refractivity contribution is 0.0634. The molecule has 0 aliphatic carbocycles. The van der Waals surface area contributed by atoms with E-state index in [9.17, 15) is 4.57 Å². The summed E-state index contributed by atoms with van der Waals surface area (Å²) in [6, 6.07) is 0. The predicted octanol–water partition coefficient (Wildman–Crippen LogP) is 3.43. The van der Waals surface area contributed by atoms with Crippen LogP contribution in [0.15, 0.2) is 0 Å². The van der Waals surface area contributed by atoms with Gasteiger partial charge in [0.1, 0.15) is 0 Å². The zero-order valence-corrected chi connectivity index (χ0v) is 10.9. The summed E-state index contributed by atoms with van der Waals surface area (Å²) >= 11 is 0. The van der Waals surface area contributed by atoms with E-state index in [0.29, 0.717) is 0 Å². The third-order valence-electron chi connectivity index (χ3n) is 0.779. The van der Waals surface area contributed by atoms with E-state index in [1.54, 1.807) is 0 Å². The monoisotopic (exact) mass is 230 g/mol. The molecule has 82 valence electrons. The lowest BCUT2D eigenvalue weighted by Crippen LogP contribution is -2.19. The second-order valence-electron chi connectivity index (χ2n) is 4.68. The zero-order valence-electron chi connectivity index (χ0n) is 9.13. The van der Waals surface area contributed by atoms with Crippen LogP contribution in [-0.4, -0.2) is 11.2 Å². The highest BCUT2D eigenvalue weighted by Gasteiger charge is 2.20. The molecule has 0 rings (SSSR count). The molecule has 13 heavy (non-hydrogen) atoms. The van der Waals surface area contributed by atoms with Gasteiger partial charge < -0.3 is 9.05 Å². The normalized spacial score (nSPS) is 12.8. The molecule has 0 unspecified atom stereocenters. The second-order valence-corrected chi connectivity index (χ2v) is 5.59. The Morgan fingerprint density at radius 2 is 1.08 bits per heavy atom. The Kier molecular flexibility index (Phi) is 6.54. The Morgan fingerprint density at radius 3 is 1.23 bits per heavy atom. The lowest BCUT2D eigenvalue weighted by atomic mass is 10.2. The minimum absolute atomic E-state index is 0. The average molecular weight is 231 g/mol. The Hall–Kier alpha value is 0.440. The van der Waals surface area contributed by atoms with Gasteiger partial charge in [-0.05, 0) is 41.5 Å². The molecule has 0 radical (unpaired) electrons. The maximum absolute atomic E-state index is 11.2. The molecule has 5 heteroatoms. The van der Waals surface area contributed by atoms with Crippen molar-refractivity contribution in [2.24, 2.45) is 0 Å². The largest absolute Gasteiger partial charge is 0.320 e. The second kappa shape index (κ2) is 5.35. The Bertz CT molecular complexity index is 151. The molecule has 0 aromatic heterocycles. The highest BCUT2D eigenvalue weighted by Crippen LogP contribution is 2.35. The van der Waals surface area contributed by atoms with E-state index in [1.807, 2.05) is 41.5 Å². The fourth-order valence-corrected chi connectivity index (χ4v) is 1.56. The summed E-state index contributed by atoms with van der Waals surface area (Å²) in [5, 5.41) is 0. The van der Waals surface area contributed by atoms with E-state index in [2.05, 4.69) is 0 Å². The van der Waals surface area contributed by atoms with Crippen molar-refractivity contribution in [1.82, 2.24) is 0 Å². The summed E-state index contributed by atoms with van der Waals surface area (Å²) in [5.41, 5.74) is -0.803. The van der Waals surface area contributed by atoms with Gasteiger partial charge in [-0.25, -0.2) is 0 Å². The van der Waals surface area contributed by atoms with E-state index >= 15 is 0 Å². The van der Waals surface area contributed by atoms with Crippen LogP contribution in [0.4, 0.5) is 0 Å². The molecule has 0 saturated carbocycles. The molecular weight excluding hydrogens is 211 g/mol. The molecule has 0 N–H and O–H groups in total. The van der Waals surface area contributed by atoms with Crippen molar-refractivity contribution in [3.8, 4) is 0 Å². The maximum Gasteiger partial charge on any atom is 0.320 e. The van der Waals surface area contributed by atoms with Gasteiger partial charge in [0.2, 0.25) is 0 Å². The highest BCUT2D eigenvalue weighted by atomic mass is 35.5. The smallest absolute Gasteiger partial charge is 0.305 e. The van der Waals surface area contributed by atoms with Crippen molar-refractivity contribution in [1.29, 1.82) is 0 Å². The summed E-state index contributed by atoms with van der Waals surface area (Å²) < 4.78 is 21.5. The summed E-state index contributed by atoms with van der Waals surface area (Å²) in [5.74, 6) is 0. The summed E-state index contributed by atoms with van der Waals surface area (Å²) in [6.45, 7) is 11.1. The Balaban J connectivity index is 0. The van der Waals surface area contributed by atoms with Crippen molar-refractivity contribution < 1.29 is 13.6 Å². The molecular formula is C8H20ClO3P. The van der Waals surface area contributed by atoms with E-state index < -0.39 is 19.5 Å². The SMILES string of the molecule is CC(C)(C)O[PH](=O)OC(C)(C)C.Cl. The topological polar surface area (TPSA) is 35.5 Å². The van der Waals surface area contributed by atoms with E-state index in [-0.39, 0.29) is 12.4 Å². The molecule has 0 atom stereocenters. The van der Waals surface area contributed by atoms with Crippen LogP contribution in [0.3, 0.4) is 0 Å². The van der Waals surface area contributed by atoms with Crippen LogP contribution in [0.25, 0.3) is 0 Å². The van der Waals surface area contributed by atoms with Gasteiger partial charge in [0.15, 0.2) is 0 Å². The highest BCUT2D eigenvalue weighted by molar-refractivity contribution is 7.33. The molecule has 0 bridgehead atoms. The van der Waals surface area contributed by atoms with Gasteiger partial charge in [0.05, 0.1) is 11.2 Å². The van der Waals surface area contributed by atoms with E-state index in [0.717, 1.165) is 0 Å². The van der Waals surface area contributed by atoms with Gasteiger partial charge in [-0.2, -0.15) is 0 Å². The van der Waals surface area contributed by atoms with Crippen molar-refractivity contribution in [2.75, 3.05) is 0 Å². The van der Waals surface area contributed by atoms with Gasteiger partial charge in [0.25, 0.3) is 0 Å². The first-order valence-electron chi connectivity index (χ1n) is 4.02. The number of halogens is 1. The van der Waals surface area contributed by atoms with Crippen LogP contribution < -0.4 is 0 Å². The molecule has 0 amide bonds. The summed E-state index contributed by atoms with van der Waals surface area (Å²) in [4.78, 5) is 0.